The van der Waals surface area contributed by atoms with E-state index >= 15 is 0 Å². The molecule has 106 valence electrons. The van der Waals surface area contributed by atoms with Gasteiger partial charge in [0.2, 0.25) is 0 Å². The maximum atomic E-state index is 5.60. The van der Waals surface area contributed by atoms with Crippen LogP contribution >= 0.6 is 0 Å². The quantitative estimate of drug-likeness (QED) is 0.842. The Labute approximate surface area is 120 Å². The van der Waals surface area contributed by atoms with E-state index in [0.29, 0.717) is 13.2 Å². The van der Waals surface area contributed by atoms with Gasteiger partial charge in [-0.15, -0.1) is 0 Å². The van der Waals surface area contributed by atoms with E-state index < -0.39 is 0 Å². The fourth-order valence-electron chi connectivity index (χ4n) is 2.16. The van der Waals surface area contributed by atoms with Crippen LogP contribution in [0.5, 0.6) is 5.75 Å². The van der Waals surface area contributed by atoms with Gasteiger partial charge in [0.05, 0.1) is 6.10 Å². The molecule has 0 heterocycles. The largest absolute Gasteiger partial charge is 0.492 e. The van der Waals surface area contributed by atoms with Crippen molar-refractivity contribution in [1.82, 2.24) is 0 Å². The lowest BCUT2D eigenvalue weighted by atomic mass is 10.0. The second-order valence-electron chi connectivity index (χ2n) is 4.62. The Morgan fingerprint density at radius 3 is 2.55 bits per heavy atom. The first-order valence-corrected chi connectivity index (χ1v) is 6.83. The van der Waals surface area contributed by atoms with Gasteiger partial charge < -0.3 is 15.2 Å². The van der Waals surface area contributed by atoms with Crippen LogP contribution in [-0.2, 0) is 11.2 Å². The maximum Gasteiger partial charge on any atom is 0.119 e. The topological polar surface area (TPSA) is 44.5 Å². The summed E-state index contributed by atoms with van der Waals surface area (Å²) in [4.78, 5) is 0. The summed E-state index contributed by atoms with van der Waals surface area (Å²) < 4.78 is 11.2. The number of hydrogen-bond donors (Lipinski definition) is 1. The summed E-state index contributed by atoms with van der Waals surface area (Å²) in [5.41, 5.74) is 7.82. The summed E-state index contributed by atoms with van der Waals surface area (Å²) in [6, 6.07) is 18.3. The minimum absolute atomic E-state index is 0.0564. The Morgan fingerprint density at radius 2 is 1.85 bits per heavy atom. The van der Waals surface area contributed by atoms with Crippen LogP contribution in [0.4, 0.5) is 0 Å². The molecule has 0 radical (unpaired) electrons. The molecule has 2 N–H and O–H groups in total. The lowest BCUT2D eigenvalue weighted by Crippen LogP contribution is -2.11. The zero-order chi connectivity index (χ0) is 14.2. The Bertz CT molecular complexity index is 513. The van der Waals surface area contributed by atoms with Gasteiger partial charge in [-0.3, -0.25) is 0 Å². The molecule has 0 aliphatic rings. The van der Waals surface area contributed by atoms with Crippen molar-refractivity contribution >= 4 is 0 Å². The molecule has 0 bridgehead atoms. The molecule has 3 nitrogen and oxygen atoms in total. The van der Waals surface area contributed by atoms with Crippen molar-refractivity contribution in [2.75, 3.05) is 20.3 Å². The summed E-state index contributed by atoms with van der Waals surface area (Å²) in [5, 5.41) is 0. The molecule has 0 saturated heterocycles. The van der Waals surface area contributed by atoms with Crippen molar-refractivity contribution in [2.24, 2.45) is 5.73 Å². The van der Waals surface area contributed by atoms with Gasteiger partial charge in [0.25, 0.3) is 0 Å². The molecule has 0 spiro atoms. The summed E-state index contributed by atoms with van der Waals surface area (Å²) in [6.45, 7) is 1.06. The highest BCUT2D eigenvalue weighted by molar-refractivity contribution is 5.30. The molecule has 20 heavy (non-hydrogen) atoms. The van der Waals surface area contributed by atoms with E-state index in [1.54, 1.807) is 7.11 Å². The van der Waals surface area contributed by atoms with Crippen LogP contribution in [-0.4, -0.2) is 20.3 Å². The SMILES string of the molecule is COC(Cc1cccc(OCCN)c1)c1ccccc1. The molecular formula is C17H21NO2. The predicted molar refractivity (Wildman–Crippen MR) is 80.9 cm³/mol. The lowest BCUT2D eigenvalue weighted by Gasteiger charge is -2.16. The molecule has 3 heteroatoms. The number of methoxy groups -OCH3 is 1. The van der Waals surface area contributed by atoms with Crippen LogP contribution in [0.2, 0.25) is 0 Å². The Morgan fingerprint density at radius 1 is 1.05 bits per heavy atom. The highest BCUT2D eigenvalue weighted by Crippen LogP contribution is 2.23. The minimum atomic E-state index is 0.0564. The molecule has 0 aliphatic heterocycles. The van der Waals surface area contributed by atoms with Gasteiger partial charge >= 0.3 is 0 Å². The van der Waals surface area contributed by atoms with E-state index in [4.69, 9.17) is 15.2 Å². The lowest BCUT2D eigenvalue weighted by molar-refractivity contribution is 0.103. The summed E-state index contributed by atoms with van der Waals surface area (Å²) in [5.74, 6) is 0.857. The third-order valence-electron chi connectivity index (χ3n) is 3.16. The first-order chi connectivity index (χ1) is 9.83. The second kappa shape index (κ2) is 7.68. The summed E-state index contributed by atoms with van der Waals surface area (Å²) in [6.07, 6.45) is 0.876. The number of hydrogen-bond acceptors (Lipinski definition) is 3. The smallest absolute Gasteiger partial charge is 0.119 e. The summed E-state index contributed by atoms with van der Waals surface area (Å²) in [7, 11) is 1.74. The maximum absolute atomic E-state index is 5.60. The average molecular weight is 271 g/mol. The van der Waals surface area contributed by atoms with Gasteiger partial charge in [-0.1, -0.05) is 42.5 Å². The van der Waals surface area contributed by atoms with E-state index in [2.05, 4.69) is 18.2 Å². The molecule has 0 aromatic heterocycles. The van der Waals surface area contributed by atoms with E-state index in [0.717, 1.165) is 12.2 Å². The Balaban J connectivity index is 2.07. The Hall–Kier alpha value is -1.84. The van der Waals surface area contributed by atoms with E-state index in [1.165, 1.54) is 11.1 Å². The zero-order valence-electron chi connectivity index (χ0n) is 11.8. The van der Waals surface area contributed by atoms with Crippen molar-refractivity contribution in [3.63, 3.8) is 0 Å². The standard InChI is InChI=1S/C17H21NO2/c1-19-17(15-7-3-2-4-8-15)13-14-6-5-9-16(12-14)20-11-10-18/h2-9,12,17H,10-11,13,18H2,1H3. The monoisotopic (exact) mass is 271 g/mol. The minimum Gasteiger partial charge on any atom is -0.492 e. The van der Waals surface area contributed by atoms with Gasteiger partial charge in [-0.2, -0.15) is 0 Å². The van der Waals surface area contributed by atoms with Crippen molar-refractivity contribution in [2.45, 2.75) is 12.5 Å². The van der Waals surface area contributed by atoms with Crippen LogP contribution < -0.4 is 10.5 Å². The highest BCUT2D eigenvalue weighted by Gasteiger charge is 2.11. The van der Waals surface area contributed by atoms with Gasteiger partial charge in [0, 0.05) is 20.1 Å². The average Bonchev–Trinajstić information content (AvgIpc) is 2.52. The van der Waals surface area contributed by atoms with Crippen LogP contribution in [0, 0.1) is 0 Å². The molecule has 2 aromatic carbocycles. The molecule has 1 atom stereocenters. The van der Waals surface area contributed by atoms with E-state index in [9.17, 15) is 0 Å². The van der Waals surface area contributed by atoms with Gasteiger partial charge in [0.15, 0.2) is 0 Å². The van der Waals surface area contributed by atoms with Gasteiger partial charge in [-0.25, -0.2) is 0 Å². The third kappa shape index (κ3) is 4.08. The van der Waals surface area contributed by atoms with Crippen molar-refractivity contribution in [3.8, 4) is 5.75 Å². The highest BCUT2D eigenvalue weighted by atomic mass is 16.5. The van der Waals surface area contributed by atoms with Crippen LogP contribution in [0.25, 0.3) is 0 Å². The van der Waals surface area contributed by atoms with Gasteiger partial charge in [-0.05, 0) is 23.3 Å². The molecule has 1 unspecified atom stereocenters. The molecule has 0 amide bonds. The second-order valence-corrected chi connectivity index (χ2v) is 4.62. The van der Waals surface area contributed by atoms with Crippen molar-refractivity contribution in [3.05, 3.63) is 65.7 Å². The predicted octanol–water partition coefficient (Wildman–Crippen LogP) is 2.95. The first kappa shape index (κ1) is 14.6. The molecular weight excluding hydrogens is 250 g/mol. The van der Waals surface area contributed by atoms with E-state index in [1.807, 2.05) is 36.4 Å². The van der Waals surface area contributed by atoms with Crippen molar-refractivity contribution in [1.29, 1.82) is 0 Å². The number of rotatable bonds is 7. The fourth-order valence-corrected chi connectivity index (χ4v) is 2.16. The normalized spacial score (nSPS) is 12.1. The molecule has 2 rings (SSSR count). The molecule has 2 aromatic rings. The van der Waals surface area contributed by atoms with Crippen LogP contribution in [0.15, 0.2) is 54.6 Å². The first-order valence-electron chi connectivity index (χ1n) is 6.83. The molecule has 0 fully saturated rings. The molecule has 0 saturated carbocycles. The van der Waals surface area contributed by atoms with Crippen LogP contribution in [0.1, 0.15) is 17.2 Å². The fraction of sp³-hybridized carbons (Fsp3) is 0.294. The van der Waals surface area contributed by atoms with E-state index in [-0.39, 0.29) is 6.10 Å². The number of ether oxygens (including phenoxy) is 2. The summed E-state index contributed by atoms with van der Waals surface area (Å²) >= 11 is 0. The van der Waals surface area contributed by atoms with Crippen molar-refractivity contribution < 1.29 is 9.47 Å². The third-order valence-corrected chi connectivity index (χ3v) is 3.16. The Kier molecular flexibility index (Phi) is 5.59. The molecule has 0 aliphatic carbocycles. The van der Waals surface area contributed by atoms with Gasteiger partial charge in [0.1, 0.15) is 12.4 Å². The van der Waals surface area contributed by atoms with Crippen LogP contribution in [0.3, 0.4) is 0 Å². The zero-order valence-corrected chi connectivity index (χ0v) is 11.8. The number of benzene rings is 2. The number of nitrogens with two attached hydrogens (primary N) is 1.